The lowest BCUT2D eigenvalue weighted by molar-refractivity contribution is 0.103. The molecule has 2 heterocycles. The predicted octanol–water partition coefficient (Wildman–Crippen LogP) is 5.01. The van der Waals surface area contributed by atoms with E-state index in [1.165, 1.54) is 0 Å². The first-order chi connectivity index (χ1) is 11.2. The molecule has 0 atom stereocenters. The van der Waals surface area contributed by atoms with Crippen molar-refractivity contribution in [2.45, 2.75) is 27.2 Å². The highest BCUT2D eigenvalue weighted by Gasteiger charge is 2.13. The van der Waals surface area contributed by atoms with Crippen LogP contribution in [0.2, 0.25) is 0 Å². The number of hydrogen-bond acceptors (Lipinski definition) is 3. The van der Waals surface area contributed by atoms with Gasteiger partial charge in [0, 0.05) is 18.2 Å². The average molecular weight is 331 g/mol. The molecule has 1 N–H and O–H groups in total. The molecule has 1 amide bonds. The summed E-state index contributed by atoms with van der Waals surface area (Å²) >= 11 is 0. The Bertz CT molecular complexity index is 673. The van der Waals surface area contributed by atoms with E-state index in [1.807, 2.05) is 56.9 Å². The molecular weight excluding hydrogens is 309 g/mol. The SMILES string of the molecule is CC.Cc1cccpc1C(=O)Nc1ccc2c(c1)OCCCO2. The Hall–Kier alpha value is -2.06. The summed E-state index contributed by atoms with van der Waals surface area (Å²) in [6, 6.07) is 9.39. The van der Waals surface area contributed by atoms with Crippen LogP contribution in [-0.4, -0.2) is 19.1 Å². The number of amides is 1. The zero-order chi connectivity index (χ0) is 16.7. The van der Waals surface area contributed by atoms with Gasteiger partial charge in [0.05, 0.1) is 18.5 Å². The number of aryl methyl sites for hydroxylation is 1. The first-order valence-corrected chi connectivity index (χ1v) is 8.83. The van der Waals surface area contributed by atoms with Crippen LogP contribution in [0.1, 0.15) is 35.9 Å². The molecule has 0 saturated carbocycles. The fraction of sp³-hybridized carbons (Fsp3) is 0.333. The van der Waals surface area contributed by atoms with Crippen molar-refractivity contribution in [2.75, 3.05) is 18.5 Å². The molecule has 0 aliphatic carbocycles. The van der Waals surface area contributed by atoms with Crippen LogP contribution in [0.5, 0.6) is 11.5 Å². The van der Waals surface area contributed by atoms with Gasteiger partial charge in [-0.3, -0.25) is 4.79 Å². The van der Waals surface area contributed by atoms with E-state index in [1.54, 1.807) is 0 Å². The molecule has 1 aliphatic rings. The van der Waals surface area contributed by atoms with Crippen LogP contribution in [-0.2, 0) is 0 Å². The van der Waals surface area contributed by atoms with Crippen molar-refractivity contribution >= 4 is 19.8 Å². The summed E-state index contributed by atoms with van der Waals surface area (Å²) < 4.78 is 11.2. The van der Waals surface area contributed by atoms with Gasteiger partial charge >= 0.3 is 0 Å². The summed E-state index contributed by atoms with van der Waals surface area (Å²) in [7, 11) is 0.920. The zero-order valence-corrected chi connectivity index (χ0v) is 14.7. The maximum atomic E-state index is 12.3. The Kier molecular flexibility index (Phi) is 6.42. The molecule has 3 rings (SSSR count). The van der Waals surface area contributed by atoms with Gasteiger partial charge in [0.2, 0.25) is 0 Å². The number of hydrogen-bond donors (Lipinski definition) is 1. The maximum absolute atomic E-state index is 12.3. The van der Waals surface area contributed by atoms with Crippen LogP contribution in [0.25, 0.3) is 0 Å². The molecule has 23 heavy (non-hydrogen) atoms. The topological polar surface area (TPSA) is 47.6 Å². The van der Waals surface area contributed by atoms with Crippen LogP contribution < -0.4 is 14.8 Å². The Balaban J connectivity index is 0.000000924. The van der Waals surface area contributed by atoms with Crippen LogP contribution in [0.15, 0.2) is 36.1 Å². The number of ether oxygens (including phenoxy) is 2. The first kappa shape index (κ1) is 17.3. The number of rotatable bonds is 2. The third kappa shape index (κ3) is 4.46. The summed E-state index contributed by atoms with van der Waals surface area (Å²) in [5.41, 5.74) is 1.71. The highest BCUT2D eigenvalue weighted by molar-refractivity contribution is 7.31. The second-order valence-corrected chi connectivity index (χ2v) is 5.84. The van der Waals surface area contributed by atoms with Crippen molar-refractivity contribution in [3.05, 3.63) is 47.0 Å². The molecule has 0 radical (unpaired) electrons. The molecule has 122 valence electrons. The highest BCUT2D eigenvalue weighted by atomic mass is 31.0. The predicted molar refractivity (Wildman–Crippen MR) is 95.0 cm³/mol. The number of carbonyl (C=O) groups is 1. The first-order valence-electron chi connectivity index (χ1n) is 7.86. The summed E-state index contributed by atoms with van der Waals surface area (Å²) in [6.45, 7) is 7.23. The number of benzene rings is 1. The lowest BCUT2D eigenvalue weighted by Gasteiger charge is -2.11. The highest BCUT2D eigenvalue weighted by Crippen LogP contribution is 2.32. The Morgan fingerprint density at radius 2 is 1.87 bits per heavy atom. The number of anilines is 1. The van der Waals surface area contributed by atoms with E-state index in [0.717, 1.165) is 31.2 Å². The monoisotopic (exact) mass is 331 g/mol. The van der Waals surface area contributed by atoms with Gasteiger partial charge in [-0.1, -0.05) is 34.2 Å². The van der Waals surface area contributed by atoms with E-state index in [4.69, 9.17) is 9.47 Å². The molecule has 0 unspecified atom stereocenters. The van der Waals surface area contributed by atoms with Gasteiger partial charge in [-0.05, 0) is 30.4 Å². The number of fused-ring (bicyclic) bond motifs is 1. The van der Waals surface area contributed by atoms with Gasteiger partial charge < -0.3 is 14.8 Å². The van der Waals surface area contributed by atoms with Crippen molar-refractivity contribution in [1.29, 1.82) is 0 Å². The molecule has 1 aromatic carbocycles. The van der Waals surface area contributed by atoms with E-state index in [9.17, 15) is 4.79 Å². The molecular formula is C18H22NO3P. The zero-order valence-electron chi connectivity index (χ0n) is 13.8. The lowest BCUT2D eigenvalue weighted by Crippen LogP contribution is -2.11. The molecule has 0 fully saturated rings. The van der Waals surface area contributed by atoms with Crippen molar-refractivity contribution in [3.8, 4) is 11.5 Å². The van der Waals surface area contributed by atoms with Crippen LogP contribution >= 0.6 is 8.19 Å². The third-order valence-electron chi connectivity index (χ3n) is 3.23. The van der Waals surface area contributed by atoms with Gasteiger partial charge in [0.1, 0.15) is 0 Å². The summed E-state index contributed by atoms with van der Waals surface area (Å²) in [4.78, 5) is 12.3. The van der Waals surface area contributed by atoms with Gasteiger partial charge in [-0.2, -0.15) is 0 Å². The van der Waals surface area contributed by atoms with Crippen LogP contribution in [0.4, 0.5) is 5.69 Å². The van der Waals surface area contributed by atoms with E-state index in [2.05, 4.69) is 5.32 Å². The molecule has 1 aromatic heterocycles. The van der Waals surface area contributed by atoms with Crippen molar-refractivity contribution < 1.29 is 14.3 Å². The quantitative estimate of drug-likeness (QED) is 0.841. The van der Waals surface area contributed by atoms with Gasteiger partial charge in [-0.25, -0.2) is 0 Å². The summed E-state index contributed by atoms with van der Waals surface area (Å²) in [5.74, 6) is 3.29. The van der Waals surface area contributed by atoms with Crippen LogP contribution in [0.3, 0.4) is 0 Å². The van der Waals surface area contributed by atoms with Gasteiger partial charge in [-0.15, -0.1) is 0 Å². The molecule has 5 heteroatoms. The molecule has 4 nitrogen and oxygen atoms in total. The maximum Gasteiger partial charge on any atom is 0.260 e. The molecule has 0 saturated heterocycles. The number of nitrogens with one attached hydrogen (secondary N) is 1. The Labute approximate surface area is 138 Å². The minimum absolute atomic E-state index is 0.0794. The van der Waals surface area contributed by atoms with Crippen molar-refractivity contribution in [1.82, 2.24) is 0 Å². The van der Waals surface area contributed by atoms with Crippen molar-refractivity contribution in [3.63, 3.8) is 0 Å². The largest absolute Gasteiger partial charge is 0.490 e. The molecule has 0 bridgehead atoms. The standard InChI is InChI=1S/C16H16NO3P.C2H6/c1-11-4-2-9-21-15(11)16(18)17-12-5-6-13-14(10-12)20-8-3-7-19-13;1-2/h2,4-6,9-10H,3,7-8H2,1H3,(H,17,18);1-2H3. The third-order valence-corrected chi connectivity index (χ3v) is 4.37. The molecule has 2 aromatic rings. The number of carbonyl (C=O) groups excluding carboxylic acids is 1. The summed E-state index contributed by atoms with van der Waals surface area (Å²) in [5, 5.41) is 3.69. The molecule has 1 aliphatic heterocycles. The van der Waals surface area contributed by atoms with Gasteiger partial charge in [0.15, 0.2) is 11.5 Å². The average Bonchev–Trinajstić information content (AvgIpc) is 2.82. The Morgan fingerprint density at radius 1 is 1.13 bits per heavy atom. The van der Waals surface area contributed by atoms with Crippen molar-refractivity contribution in [2.24, 2.45) is 0 Å². The van der Waals surface area contributed by atoms with E-state index < -0.39 is 0 Å². The fourth-order valence-electron chi connectivity index (χ4n) is 2.15. The van der Waals surface area contributed by atoms with Gasteiger partial charge in [0.25, 0.3) is 5.91 Å². The summed E-state index contributed by atoms with van der Waals surface area (Å²) in [6.07, 6.45) is 0.865. The smallest absolute Gasteiger partial charge is 0.260 e. The second kappa shape index (κ2) is 8.54. The normalized spacial score (nSPS) is 12.8. The Morgan fingerprint density at radius 3 is 2.61 bits per heavy atom. The second-order valence-electron chi connectivity index (χ2n) is 4.84. The van der Waals surface area contributed by atoms with Crippen LogP contribution in [0, 0.1) is 6.92 Å². The van der Waals surface area contributed by atoms with E-state index in [0.29, 0.717) is 24.7 Å². The minimum Gasteiger partial charge on any atom is -0.490 e. The molecule has 0 spiro atoms. The minimum atomic E-state index is -0.0794. The van der Waals surface area contributed by atoms with E-state index >= 15 is 0 Å². The lowest BCUT2D eigenvalue weighted by atomic mass is 10.2. The fourth-order valence-corrected chi connectivity index (χ4v) is 2.93. The van der Waals surface area contributed by atoms with E-state index in [-0.39, 0.29) is 5.91 Å².